The Morgan fingerprint density at radius 2 is 1.67 bits per heavy atom. The van der Waals surface area contributed by atoms with Crippen molar-refractivity contribution in [2.75, 3.05) is 13.1 Å². The van der Waals surface area contributed by atoms with Crippen LogP contribution in [-0.4, -0.2) is 17.4 Å². The van der Waals surface area contributed by atoms with E-state index in [0.717, 1.165) is 0 Å². The molecule has 72 valence electrons. The smallest absolute Gasteiger partial charge is 0.0144 e. The van der Waals surface area contributed by atoms with Crippen LogP contribution in [-0.2, 0) is 0 Å². The highest BCUT2D eigenvalue weighted by molar-refractivity contribution is 7.77. The van der Waals surface area contributed by atoms with E-state index >= 15 is 0 Å². The number of rotatable bonds is 0. The van der Waals surface area contributed by atoms with Gasteiger partial charge in [-0.1, -0.05) is 39.5 Å². The zero-order valence-electron chi connectivity index (χ0n) is 7.05. The normalized spacial score (nSPS) is 28.8. The van der Waals surface area contributed by atoms with Crippen molar-refractivity contribution in [3.8, 4) is 0 Å². The van der Waals surface area contributed by atoms with Gasteiger partial charge in [0, 0.05) is 13.1 Å². The van der Waals surface area contributed by atoms with Gasteiger partial charge in [-0.3, -0.25) is 4.31 Å². The molecule has 1 aliphatic carbocycles. The molecule has 0 aromatic rings. The van der Waals surface area contributed by atoms with Crippen LogP contribution in [0.15, 0.2) is 0 Å². The van der Waals surface area contributed by atoms with Crippen molar-refractivity contribution in [1.82, 2.24) is 4.31 Å². The van der Waals surface area contributed by atoms with Crippen molar-refractivity contribution in [2.45, 2.75) is 46.0 Å². The molecule has 1 saturated heterocycles. The first kappa shape index (κ1) is 10.4. The molecule has 1 saturated carbocycles. The van der Waals surface area contributed by atoms with Gasteiger partial charge in [0.25, 0.3) is 0 Å². The molecule has 1 heterocycles. The lowest BCUT2D eigenvalue weighted by Gasteiger charge is -2.32. The van der Waals surface area contributed by atoms with Crippen LogP contribution in [0.1, 0.15) is 46.0 Å². The van der Waals surface area contributed by atoms with E-state index in [9.17, 15) is 0 Å². The van der Waals surface area contributed by atoms with Gasteiger partial charge in [-0.05, 0) is 24.7 Å². The third-order valence-electron chi connectivity index (χ3n) is 3.33. The third kappa shape index (κ3) is 1.97. The first-order chi connectivity index (χ1) is 5.31. The van der Waals surface area contributed by atoms with Gasteiger partial charge < -0.3 is 0 Å². The molecule has 2 aliphatic rings. The molecule has 0 unspecified atom stereocenters. The highest BCUT2D eigenvalue weighted by atomic mass is 32.1. The summed E-state index contributed by atoms with van der Waals surface area (Å²) in [4.78, 5) is 0. The molecule has 1 spiro atoms. The van der Waals surface area contributed by atoms with Crippen molar-refractivity contribution in [2.24, 2.45) is 5.41 Å². The Labute approximate surface area is 82.1 Å². The Kier molecular flexibility index (Phi) is 3.47. The fraction of sp³-hybridized carbons (Fsp3) is 1.00. The zero-order valence-corrected chi connectivity index (χ0v) is 7.95. The molecule has 0 atom stereocenters. The maximum atomic E-state index is 4.41. The van der Waals surface area contributed by atoms with E-state index in [4.69, 9.17) is 0 Å². The summed E-state index contributed by atoms with van der Waals surface area (Å²) in [5.74, 6) is 0. The summed E-state index contributed by atoms with van der Waals surface area (Å²) >= 11 is 4.41. The van der Waals surface area contributed by atoms with Crippen LogP contribution < -0.4 is 0 Å². The second-order valence-electron chi connectivity index (χ2n) is 4.20. The summed E-state index contributed by atoms with van der Waals surface area (Å²) < 4.78 is 2.20. The number of nitrogens with zero attached hydrogens (tertiary/aromatic N) is 1. The fourth-order valence-corrected chi connectivity index (χ4v) is 3.02. The van der Waals surface area contributed by atoms with Gasteiger partial charge in [0.1, 0.15) is 0 Å². The largest absolute Gasteiger partial charge is 0.253 e. The van der Waals surface area contributed by atoms with Gasteiger partial charge in [0.15, 0.2) is 0 Å². The van der Waals surface area contributed by atoms with Crippen LogP contribution >= 0.6 is 12.8 Å². The van der Waals surface area contributed by atoms with E-state index in [0.29, 0.717) is 5.41 Å². The van der Waals surface area contributed by atoms with E-state index in [1.165, 1.54) is 51.6 Å². The summed E-state index contributed by atoms with van der Waals surface area (Å²) in [5, 5.41) is 0. The summed E-state index contributed by atoms with van der Waals surface area (Å²) in [6, 6.07) is 0. The van der Waals surface area contributed by atoms with E-state index in [-0.39, 0.29) is 7.43 Å². The van der Waals surface area contributed by atoms with Crippen LogP contribution in [0.25, 0.3) is 0 Å². The summed E-state index contributed by atoms with van der Waals surface area (Å²) in [5.41, 5.74) is 0.694. The van der Waals surface area contributed by atoms with Crippen LogP contribution in [0, 0.1) is 5.41 Å². The van der Waals surface area contributed by atoms with Crippen molar-refractivity contribution in [3.05, 3.63) is 0 Å². The summed E-state index contributed by atoms with van der Waals surface area (Å²) in [6.07, 6.45) is 8.71. The molecule has 0 aromatic carbocycles. The molecule has 1 aliphatic heterocycles. The topological polar surface area (TPSA) is 3.24 Å². The summed E-state index contributed by atoms with van der Waals surface area (Å²) in [6.45, 7) is 2.46. The molecule has 0 radical (unpaired) electrons. The van der Waals surface area contributed by atoms with Crippen LogP contribution in [0.5, 0.6) is 0 Å². The number of hydrogen-bond acceptors (Lipinski definition) is 2. The standard InChI is InChI=1S/C9H17NS.CH4/c11-10-7-6-9(8-10)4-2-1-3-5-9;/h11H,1-8H2;1H4. The zero-order chi connectivity index (χ0) is 7.73. The van der Waals surface area contributed by atoms with Gasteiger partial charge in [-0.2, -0.15) is 0 Å². The average Bonchev–Trinajstić information content (AvgIpc) is 2.34. The molecule has 0 amide bonds. The van der Waals surface area contributed by atoms with Gasteiger partial charge >= 0.3 is 0 Å². The molecular formula is C10H21NS. The molecule has 0 aromatic heterocycles. The van der Waals surface area contributed by atoms with Gasteiger partial charge in [-0.25, -0.2) is 0 Å². The molecular weight excluding hydrogens is 166 g/mol. The Balaban J connectivity index is 0.000000720. The average molecular weight is 187 g/mol. The maximum Gasteiger partial charge on any atom is 0.0144 e. The lowest BCUT2D eigenvalue weighted by Crippen LogP contribution is -2.25. The number of thiol groups is 1. The predicted octanol–water partition coefficient (Wildman–Crippen LogP) is 3.12. The molecule has 2 rings (SSSR count). The fourth-order valence-electron chi connectivity index (χ4n) is 2.62. The van der Waals surface area contributed by atoms with Crippen LogP contribution in [0.2, 0.25) is 0 Å². The van der Waals surface area contributed by atoms with E-state index < -0.39 is 0 Å². The highest BCUT2D eigenvalue weighted by Gasteiger charge is 2.37. The highest BCUT2D eigenvalue weighted by Crippen LogP contribution is 2.43. The van der Waals surface area contributed by atoms with Gasteiger partial charge in [-0.15, -0.1) is 0 Å². The summed E-state index contributed by atoms with van der Waals surface area (Å²) in [7, 11) is 0. The van der Waals surface area contributed by atoms with Crippen LogP contribution in [0.4, 0.5) is 0 Å². The van der Waals surface area contributed by atoms with Crippen LogP contribution in [0.3, 0.4) is 0 Å². The molecule has 2 heteroatoms. The lowest BCUT2D eigenvalue weighted by molar-refractivity contribution is 0.208. The lowest BCUT2D eigenvalue weighted by atomic mass is 9.74. The minimum Gasteiger partial charge on any atom is -0.253 e. The van der Waals surface area contributed by atoms with Crippen molar-refractivity contribution in [3.63, 3.8) is 0 Å². The molecule has 2 fully saturated rings. The second kappa shape index (κ2) is 4.01. The first-order valence-electron chi connectivity index (χ1n) is 4.75. The quantitative estimate of drug-likeness (QED) is 0.570. The van der Waals surface area contributed by atoms with E-state index in [1.807, 2.05) is 0 Å². The Bertz CT molecular complexity index is 135. The predicted molar refractivity (Wildman–Crippen MR) is 57.4 cm³/mol. The maximum absolute atomic E-state index is 4.41. The number of hydrogen-bond donors (Lipinski definition) is 1. The first-order valence-corrected chi connectivity index (χ1v) is 5.15. The van der Waals surface area contributed by atoms with Gasteiger partial charge in [0.2, 0.25) is 0 Å². The van der Waals surface area contributed by atoms with Crippen molar-refractivity contribution >= 4 is 12.8 Å². The molecule has 12 heavy (non-hydrogen) atoms. The van der Waals surface area contributed by atoms with E-state index in [2.05, 4.69) is 17.1 Å². The Hall–Kier alpha value is 0.310. The molecule has 0 bridgehead atoms. The Morgan fingerprint density at radius 3 is 2.17 bits per heavy atom. The molecule has 1 nitrogen and oxygen atoms in total. The van der Waals surface area contributed by atoms with Crippen molar-refractivity contribution < 1.29 is 0 Å². The molecule has 0 N–H and O–H groups in total. The SMILES string of the molecule is C.SN1CCC2(CCCCC2)C1. The third-order valence-corrected chi connectivity index (χ3v) is 3.67. The second-order valence-corrected chi connectivity index (χ2v) is 4.76. The minimum atomic E-state index is 0. The van der Waals surface area contributed by atoms with Gasteiger partial charge in [0.05, 0.1) is 0 Å². The Morgan fingerprint density at radius 1 is 1.00 bits per heavy atom. The minimum absolute atomic E-state index is 0. The van der Waals surface area contributed by atoms with E-state index in [1.54, 1.807) is 0 Å². The van der Waals surface area contributed by atoms with Crippen molar-refractivity contribution in [1.29, 1.82) is 0 Å². The monoisotopic (exact) mass is 187 g/mol.